The van der Waals surface area contributed by atoms with Gasteiger partial charge in [-0.2, -0.15) is 0 Å². The highest BCUT2D eigenvalue weighted by molar-refractivity contribution is 4.72. The third-order valence-electron chi connectivity index (χ3n) is 3.76. The molecular weight excluding hydrogens is 170 g/mol. The molecule has 0 radical (unpaired) electrons. The Bertz CT molecular complexity index is 136. The molecule has 1 saturated carbocycles. The van der Waals surface area contributed by atoms with E-state index in [2.05, 4.69) is 26.1 Å². The van der Waals surface area contributed by atoms with Crippen LogP contribution in [0.2, 0.25) is 0 Å². The number of hydrogen-bond donors (Lipinski definition) is 1. The van der Waals surface area contributed by atoms with Gasteiger partial charge in [0, 0.05) is 0 Å². The quantitative estimate of drug-likeness (QED) is 0.712. The van der Waals surface area contributed by atoms with E-state index < -0.39 is 0 Å². The molecule has 0 aliphatic heterocycles. The fourth-order valence-electron chi connectivity index (χ4n) is 2.21. The normalized spacial score (nSPS) is 30.2. The molecular formula is C13H27N. The fraction of sp³-hybridized carbons (Fsp3) is 1.00. The summed E-state index contributed by atoms with van der Waals surface area (Å²) in [4.78, 5) is 0. The van der Waals surface area contributed by atoms with E-state index in [1.807, 2.05) is 0 Å². The summed E-state index contributed by atoms with van der Waals surface area (Å²) in [5.74, 6) is 2.80. The van der Waals surface area contributed by atoms with Gasteiger partial charge in [-0.3, -0.25) is 0 Å². The molecule has 1 unspecified atom stereocenters. The Labute approximate surface area is 89.7 Å². The maximum atomic E-state index is 3.62. The molecule has 84 valence electrons. The maximum absolute atomic E-state index is 3.62. The van der Waals surface area contributed by atoms with Gasteiger partial charge < -0.3 is 5.32 Å². The average molecular weight is 197 g/mol. The molecule has 0 aromatic rings. The summed E-state index contributed by atoms with van der Waals surface area (Å²) < 4.78 is 0. The first-order chi connectivity index (χ1) is 6.72. The smallest absolute Gasteiger partial charge is 0.00204 e. The van der Waals surface area contributed by atoms with Crippen molar-refractivity contribution in [1.82, 2.24) is 5.32 Å². The Balaban J connectivity index is 2.02. The Morgan fingerprint density at radius 3 is 2.43 bits per heavy atom. The van der Waals surface area contributed by atoms with Crippen LogP contribution in [0.15, 0.2) is 0 Å². The lowest BCUT2D eigenvalue weighted by Gasteiger charge is -2.26. The van der Waals surface area contributed by atoms with Gasteiger partial charge in [0.1, 0.15) is 0 Å². The van der Waals surface area contributed by atoms with Gasteiger partial charge >= 0.3 is 0 Å². The van der Waals surface area contributed by atoms with Crippen molar-refractivity contribution < 1.29 is 0 Å². The van der Waals surface area contributed by atoms with Crippen molar-refractivity contribution in [2.75, 3.05) is 13.1 Å². The summed E-state index contributed by atoms with van der Waals surface area (Å²) >= 11 is 0. The Hall–Kier alpha value is -0.0400. The maximum Gasteiger partial charge on any atom is -0.00204 e. The van der Waals surface area contributed by atoms with E-state index in [0.29, 0.717) is 0 Å². The van der Waals surface area contributed by atoms with Crippen LogP contribution in [-0.4, -0.2) is 13.1 Å². The zero-order chi connectivity index (χ0) is 10.4. The third kappa shape index (κ3) is 4.45. The van der Waals surface area contributed by atoms with Crippen LogP contribution >= 0.6 is 0 Å². The Morgan fingerprint density at radius 1 is 1.21 bits per heavy atom. The molecule has 0 aromatic heterocycles. The zero-order valence-corrected chi connectivity index (χ0v) is 10.2. The fourth-order valence-corrected chi connectivity index (χ4v) is 2.21. The van der Waals surface area contributed by atoms with E-state index in [-0.39, 0.29) is 0 Å². The predicted octanol–water partition coefficient (Wildman–Crippen LogP) is 3.45. The molecule has 1 N–H and O–H groups in total. The van der Waals surface area contributed by atoms with Gasteiger partial charge in [-0.15, -0.1) is 0 Å². The van der Waals surface area contributed by atoms with Crippen molar-refractivity contribution in [3.05, 3.63) is 0 Å². The van der Waals surface area contributed by atoms with Gasteiger partial charge in [-0.1, -0.05) is 40.0 Å². The van der Waals surface area contributed by atoms with Gasteiger partial charge in [0.15, 0.2) is 0 Å². The van der Waals surface area contributed by atoms with Crippen molar-refractivity contribution in [3.8, 4) is 0 Å². The lowest BCUT2D eigenvalue weighted by atomic mass is 9.83. The largest absolute Gasteiger partial charge is 0.316 e. The minimum Gasteiger partial charge on any atom is -0.316 e. The minimum absolute atomic E-state index is 0.845. The van der Waals surface area contributed by atoms with Crippen LogP contribution in [0, 0.1) is 17.8 Å². The van der Waals surface area contributed by atoms with Crippen LogP contribution in [-0.2, 0) is 0 Å². The highest BCUT2D eigenvalue weighted by atomic mass is 14.9. The lowest BCUT2D eigenvalue weighted by Crippen LogP contribution is -2.29. The summed E-state index contributed by atoms with van der Waals surface area (Å²) in [5, 5.41) is 3.62. The summed E-state index contributed by atoms with van der Waals surface area (Å²) in [7, 11) is 0. The summed E-state index contributed by atoms with van der Waals surface area (Å²) in [6.45, 7) is 9.47. The molecule has 0 aromatic carbocycles. The van der Waals surface area contributed by atoms with E-state index in [9.17, 15) is 0 Å². The van der Waals surface area contributed by atoms with E-state index >= 15 is 0 Å². The van der Waals surface area contributed by atoms with E-state index in [0.717, 1.165) is 17.8 Å². The highest BCUT2D eigenvalue weighted by Gasteiger charge is 2.17. The second-order valence-electron chi connectivity index (χ2n) is 5.30. The summed E-state index contributed by atoms with van der Waals surface area (Å²) in [6.07, 6.45) is 7.11. The second-order valence-corrected chi connectivity index (χ2v) is 5.30. The van der Waals surface area contributed by atoms with E-state index in [1.54, 1.807) is 0 Å². The van der Waals surface area contributed by atoms with Gasteiger partial charge in [0.2, 0.25) is 0 Å². The van der Waals surface area contributed by atoms with E-state index in [4.69, 9.17) is 0 Å². The molecule has 0 heterocycles. The van der Waals surface area contributed by atoms with Crippen LogP contribution in [0.4, 0.5) is 0 Å². The Morgan fingerprint density at radius 2 is 1.86 bits per heavy atom. The molecule has 1 aliphatic carbocycles. The predicted molar refractivity (Wildman–Crippen MR) is 63.4 cm³/mol. The average Bonchev–Trinajstić information content (AvgIpc) is 2.21. The van der Waals surface area contributed by atoms with Crippen LogP contribution < -0.4 is 5.32 Å². The van der Waals surface area contributed by atoms with Crippen molar-refractivity contribution in [1.29, 1.82) is 0 Å². The first kappa shape index (κ1) is 12.0. The van der Waals surface area contributed by atoms with Crippen LogP contribution in [0.25, 0.3) is 0 Å². The number of rotatable bonds is 5. The second kappa shape index (κ2) is 6.44. The molecule has 1 atom stereocenters. The van der Waals surface area contributed by atoms with Crippen molar-refractivity contribution in [3.63, 3.8) is 0 Å². The van der Waals surface area contributed by atoms with Gasteiger partial charge in [0.05, 0.1) is 0 Å². The van der Waals surface area contributed by atoms with Crippen molar-refractivity contribution >= 4 is 0 Å². The first-order valence-corrected chi connectivity index (χ1v) is 6.43. The van der Waals surface area contributed by atoms with Gasteiger partial charge in [0.25, 0.3) is 0 Å². The molecule has 1 rings (SSSR count). The van der Waals surface area contributed by atoms with Crippen molar-refractivity contribution in [2.24, 2.45) is 17.8 Å². The van der Waals surface area contributed by atoms with Crippen LogP contribution in [0.1, 0.15) is 52.9 Å². The zero-order valence-electron chi connectivity index (χ0n) is 10.2. The molecule has 1 fully saturated rings. The summed E-state index contributed by atoms with van der Waals surface area (Å²) in [5.41, 5.74) is 0. The van der Waals surface area contributed by atoms with Crippen LogP contribution in [0.3, 0.4) is 0 Å². The van der Waals surface area contributed by atoms with E-state index in [1.165, 1.54) is 45.2 Å². The summed E-state index contributed by atoms with van der Waals surface area (Å²) in [6, 6.07) is 0. The third-order valence-corrected chi connectivity index (χ3v) is 3.76. The molecule has 1 nitrogen and oxygen atoms in total. The topological polar surface area (TPSA) is 12.0 Å². The van der Waals surface area contributed by atoms with Crippen molar-refractivity contribution in [2.45, 2.75) is 52.9 Å². The molecule has 1 heteroatoms. The molecule has 0 spiro atoms. The minimum atomic E-state index is 0.845. The van der Waals surface area contributed by atoms with Gasteiger partial charge in [-0.05, 0) is 43.7 Å². The molecule has 0 amide bonds. The Kier molecular flexibility index (Phi) is 5.54. The first-order valence-electron chi connectivity index (χ1n) is 6.43. The SMILES string of the molecule is CCC(C)CNCC1CCC(C)CC1. The highest BCUT2D eigenvalue weighted by Crippen LogP contribution is 2.27. The monoisotopic (exact) mass is 197 g/mol. The lowest BCUT2D eigenvalue weighted by molar-refractivity contribution is 0.278. The molecule has 14 heavy (non-hydrogen) atoms. The van der Waals surface area contributed by atoms with Crippen LogP contribution in [0.5, 0.6) is 0 Å². The molecule has 0 bridgehead atoms. The molecule has 1 aliphatic rings. The molecule has 0 saturated heterocycles. The number of hydrogen-bond acceptors (Lipinski definition) is 1. The number of nitrogens with one attached hydrogen (secondary N) is 1. The standard InChI is InChI=1S/C13H27N/c1-4-11(2)9-14-10-13-7-5-12(3)6-8-13/h11-14H,4-10H2,1-3H3. The van der Waals surface area contributed by atoms with Gasteiger partial charge in [-0.25, -0.2) is 0 Å².